The second-order valence-electron chi connectivity index (χ2n) is 6.36. The molecule has 1 amide bonds. The van der Waals surface area contributed by atoms with E-state index in [4.69, 9.17) is 14.2 Å². The van der Waals surface area contributed by atoms with Crippen molar-refractivity contribution in [2.24, 2.45) is 0 Å². The van der Waals surface area contributed by atoms with Crippen molar-refractivity contribution in [3.8, 4) is 27.8 Å². The fourth-order valence-electron chi connectivity index (χ4n) is 2.78. The van der Waals surface area contributed by atoms with Crippen LogP contribution in [0.1, 0.15) is 16.1 Å². The Bertz CT molecular complexity index is 999. The molecule has 0 unspecified atom stereocenters. The summed E-state index contributed by atoms with van der Waals surface area (Å²) in [6.07, 6.45) is 2.41. The van der Waals surface area contributed by atoms with Crippen LogP contribution in [0, 0.1) is 0 Å². The number of benzene rings is 2. The Hall–Kier alpha value is -3.32. The third-order valence-electron chi connectivity index (χ3n) is 4.36. The molecule has 1 heterocycles. The number of carbonyl (C=O) groups excluding carboxylic acids is 1. The summed E-state index contributed by atoms with van der Waals surface area (Å²) < 4.78 is 16.1. The first-order valence-electron chi connectivity index (χ1n) is 9.43. The van der Waals surface area contributed by atoms with E-state index in [1.54, 1.807) is 25.7 Å². The normalized spacial score (nSPS) is 10.3. The summed E-state index contributed by atoms with van der Waals surface area (Å²) >= 11 is 1.41. The molecule has 7 heteroatoms. The molecule has 2 aromatic carbocycles. The van der Waals surface area contributed by atoms with Crippen molar-refractivity contribution in [3.05, 3.63) is 71.8 Å². The number of hydrogen-bond donors (Lipinski definition) is 1. The van der Waals surface area contributed by atoms with Crippen molar-refractivity contribution < 1.29 is 19.0 Å². The van der Waals surface area contributed by atoms with Gasteiger partial charge in [0.1, 0.15) is 23.1 Å². The van der Waals surface area contributed by atoms with E-state index in [0.29, 0.717) is 30.3 Å². The van der Waals surface area contributed by atoms with Gasteiger partial charge in [-0.15, -0.1) is 11.3 Å². The summed E-state index contributed by atoms with van der Waals surface area (Å²) in [7, 11) is 3.22. The molecule has 0 spiro atoms. The predicted octanol–water partition coefficient (Wildman–Crippen LogP) is 4.36. The highest BCUT2D eigenvalue weighted by Gasteiger charge is 2.14. The summed E-state index contributed by atoms with van der Waals surface area (Å²) in [4.78, 5) is 16.9. The van der Waals surface area contributed by atoms with Gasteiger partial charge in [-0.1, -0.05) is 24.8 Å². The van der Waals surface area contributed by atoms with Gasteiger partial charge in [0, 0.05) is 17.5 Å². The Morgan fingerprint density at radius 2 is 1.93 bits per heavy atom. The molecule has 156 valence electrons. The molecule has 6 nitrogen and oxygen atoms in total. The predicted molar refractivity (Wildman–Crippen MR) is 119 cm³/mol. The number of nitrogens with zero attached hydrogens (tertiary/aromatic N) is 1. The maximum atomic E-state index is 12.4. The molecule has 0 aliphatic heterocycles. The quantitative estimate of drug-likeness (QED) is 0.490. The molecule has 0 bridgehead atoms. The number of ether oxygens (including phenoxy) is 3. The van der Waals surface area contributed by atoms with Gasteiger partial charge in [0.25, 0.3) is 5.91 Å². The maximum Gasteiger partial charge on any atom is 0.270 e. The largest absolute Gasteiger partial charge is 0.497 e. The van der Waals surface area contributed by atoms with Crippen LogP contribution >= 0.6 is 11.3 Å². The zero-order valence-electron chi connectivity index (χ0n) is 17.0. The Kier molecular flexibility index (Phi) is 7.45. The van der Waals surface area contributed by atoms with Gasteiger partial charge in [0.2, 0.25) is 0 Å². The molecule has 0 fully saturated rings. The molecule has 0 atom stereocenters. The minimum atomic E-state index is -0.191. The smallest absolute Gasteiger partial charge is 0.270 e. The summed E-state index contributed by atoms with van der Waals surface area (Å²) in [5.74, 6) is 1.86. The zero-order chi connectivity index (χ0) is 21.3. The van der Waals surface area contributed by atoms with Crippen LogP contribution in [0.4, 0.5) is 0 Å². The first kappa shape index (κ1) is 21.4. The third-order valence-corrected chi connectivity index (χ3v) is 5.25. The number of aromatic nitrogens is 1. The highest BCUT2D eigenvalue weighted by atomic mass is 32.1. The van der Waals surface area contributed by atoms with Crippen LogP contribution in [-0.2, 0) is 6.42 Å². The van der Waals surface area contributed by atoms with E-state index in [-0.39, 0.29) is 5.91 Å². The summed E-state index contributed by atoms with van der Waals surface area (Å²) in [5, 5.41) is 5.41. The summed E-state index contributed by atoms with van der Waals surface area (Å²) in [5.41, 5.74) is 2.39. The Labute approximate surface area is 180 Å². The highest BCUT2D eigenvalue weighted by Crippen LogP contribution is 2.33. The number of hydrogen-bond acceptors (Lipinski definition) is 6. The van der Waals surface area contributed by atoms with Crippen molar-refractivity contribution in [2.75, 3.05) is 27.4 Å². The monoisotopic (exact) mass is 424 g/mol. The molecular weight excluding hydrogens is 400 g/mol. The summed E-state index contributed by atoms with van der Waals surface area (Å²) in [6, 6.07) is 13.4. The SMILES string of the molecule is C=CCOc1ccc(-c2nc(C(=O)NCCc3ccc(OC)cc3)cs2)cc1OC. The van der Waals surface area contributed by atoms with E-state index >= 15 is 0 Å². The fraction of sp³-hybridized carbons (Fsp3) is 0.217. The van der Waals surface area contributed by atoms with E-state index in [9.17, 15) is 4.79 Å². The van der Waals surface area contributed by atoms with Crippen molar-refractivity contribution in [3.63, 3.8) is 0 Å². The van der Waals surface area contributed by atoms with E-state index in [2.05, 4.69) is 16.9 Å². The van der Waals surface area contributed by atoms with Gasteiger partial charge in [-0.05, 0) is 42.3 Å². The van der Waals surface area contributed by atoms with Gasteiger partial charge < -0.3 is 19.5 Å². The lowest BCUT2D eigenvalue weighted by Crippen LogP contribution is -2.25. The maximum absolute atomic E-state index is 12.4. The van der Waals surface area contributed by atoms with Crippen LogP contribution < -0.4 is 19.5 Å². The lowest BCUT2D eigenvalue weighted by atomic mass is 10.1. The lowest BCUT2D eigenvalue weighted by molar-refractivity contribution is 0.0950. The van der Waals surface area contributed by atoms with Gasteiger partial charge in [0.15, 0.2) is 11.5 Å². The van der Waals surface area contributed by atoms with Crippen molar-refractivity contribution in [1.82, 2.24) is 10.3 Å². The topological polar surface area (TPSA) is 69.7 Å². The van der Waals surface area contributed by atoms with Crippen LogP contribution in [0.2, 0.25) is 0 Å². The number of rotatable bonds is 10. The van der Waals surface area contributed by atoms with Gasteiger partial charge in [-0.2, -0.15) is 0 Å². The second-order valence-corrected chi connectivity index (χ2v) is 7.22. The highest BCUT2D eigenvalue weighted by molar-refractivity contribution is 7.13. The van der Waals surface area contributed by atoms with Gasteiger partial charge in [-0.3, -0.25) is 4.79 Å². The van der Waals surface area contributed by atoms with E-state index < -0.39 is 0 Å². The molecule has 30 heavy (non-hydrogen) atoms. The number of methoxy groups -OCH3 is 2. The molecule has 3 rings (SSSR count). The van der Waals surface area contributed by atoms with Crippen LogP contribution in [0.15, 0.2) is 60.5 Å². The Balaban J connectivity index is 1.60. The molecule has 0 saturated heterocycles. The zero-order valence-corrected chi connectivity index (χ0v) is 17.8. The molecule has 0 aliphatic rings. The number of carbonyl (C=O) groups is 1. The second kappa shape index (κ2) is 10.5. The lowest BCUT2D eigenvalue weighted by Gasteiger charge is -2.10. The van der Waals surface area contributed by atoms with Crippen molar-refractivity contribution >= 4 is 17.2 Å². The average Bonchev–Trinajstić information content (AvgIpc) is 3.28. The molecule has 1 aromatic heterocycles. The van der Waals surface area contributed by atoms with E-state index in [1.807, 2.05) is 42.5 Å². The molecule has 1 N–H and O–H groups in total. The fourth-order valence-corrected chi connectivity index (χ4v) is 3.58. The third kappa shape index (κ3) is 5.39. The van der Waals surface area contributed by atoms with Crippen molar-refractivity contribution in [2.45, 2.75) is 6.42 Å². The van der Waals surface area contributed by atoms with Crippen LogP contribution in [-0.4, -0.2) is 38.3 Å². The number of thiazole rings is 1. The Morgan fingerprint density at radius 3 is 2.63 bits per heavy atom. The van der Waals surface area contributed by atoms with Crippen LogP contribution in [0.25, 0.3) is 10.6 Å². The Morgan fingerprint density at radius 1 is 1.13 bits per heavy atom. The first-order valence-corrected chi connectivity index (χ1v) is 10.3. The van der Waals surface area contributed by atoms with Crippen LogP contribution in [0.5, 0.6) is 17.2 Å². The molecule has 3 aromatic rings. The van der Waals surface area contributed by atoms with Gasteiger partial charge in [-0.25, -0.2) is 4.98 Å². The minimum absolute atomic E-state index is 0.191. The standard InChI is InChI=1S/C23H24N2O4S/c1-4-13-29-20-10-7-17(14-21(20)28-3)23-25-19(15-30-23)22(26)24-12-11-16-5-8-18(27-2)9-6-16/h4-10,14-15H,1,11-13H2,2-3H3,(H,24,26). The van der Waals surface area contributed by atoms with E-state index in [1.165, 1.54) is 11.3 Å². The van der Waals surface area contributed by atoms with Gasteiger partial charge >= 0.3 is 0 Å². The molecule has 0 radical (unpaired) electrons. The first-order chi connectivity index (χ1) is 14.6. The molecule has 0 saturated carbocycles. The summed E-state index contributed by atoms with van der Waals surface area (Å²) in [6.45, 7) is 4.57. The van der Waals surface area contributed by atoms with Crippen molar-refractivity contribution in [1.29, 1.82) is 0 Å². The average molecular weight is 425 g/mol. The number of nitrogens with one attached hydrogen (secondary N) is 1. The van der Waals surface area contributed by atoms with Crippen LogP contribution in [0.3, 0.4) is 0 Å². The minimum Gasteiger partial charge on any atom is -0.497 e. The molecular formula is C23H24N2O4S. The van der Waals surface area contributed by atoms with Gasteiger partial charge in [0.05, 0.1) is 14.2 Å². The van der Waals surface area contributed by atoms with E-state index in [0.717, 1.165) is 28.3 Å². The molecule has 0 aliphatic carbocycles. The number of amides is 1.